The molecular weight excluding hydrogens is 164 g/mol. The van der Waals surface area contributed by atoms with Gasteiger partial charge in [-0.2, -0.15) is 0 Å². The van der Waals surface area contributed by atoms with E-state index in [1.807, 2.05) is 39.8 Å². The van der Waals surface area contributed by atoms with Crippen LogP contribution < -0.4 is 0 Å². The Morgan fingerprint density at radius 3 is 2.38 bits per heavy atom. The predicted octanol–water partition coefficient (Wildman–Crippen LogP) is 2.85. The van der Waals surface area contributed by atoms with Crippen molar-refractivity contribution in [2.24, 2.45) is 0 Å². The number of ether oxygens (including phenoxy) is 1. The molecule has 0 saturated heterocycles. The molecule has 0 bridgehead atoms. The van der Waals surface area contributed by atoms with Crippen LogP contribution in [-0.2, 0) is 9.53 Å². The lowest BCUT2D eigenvalue weighted by Crippen LogP contribution is -2.24. The van der Waals surface area contributed by atoms with E-state index in [0.29, 0.717) is 12.0 Å². The van der Waals surface area contributed by atoms with Crippen LogP contribution in [0.5, 0.6) is 0 Å². The smallest absolute Gasteiger partial charge is 0.334 e. The zero-order valence-electron chi connectivity index (χ0n) is 8.89. The highest BCUT2D eigenvalue weighted by Gasteiger charge is 2.17. The molecule has 0 aromatic rings. The predicted molar refractivity (Wildman–Crippen MR) is 54.4 cm³/mol. The summed E-state index contributed by atoms with van der Waals surface area (Å²) in [4.78, 5) is 11.3. The molecule has 0 heterocycles. The Morgan fingerprint density at radius 1 is 1.46 bits per heavy atom. The van der Waals surface area contributed by atoms with Gasteiger partial charge in [-0.1, -0.05) is 18.7 Å². The molecule has 0 fully saturated rings. The summed E-state index contributed by atoms with van der Waals surface area (Å²) in [6, 6.07) is 0. The van der Waals surface area contributed by atoms with Crippen molar-refractivity contribution in [1.29, 1.82) is 0 Å². The van der Waals surface area contributed by atoms with Crippen molar-refractivity contribution in [1.82, 2.24) is 0 Å². The molecule has 0 atom stereocenters. The summed E-state index contributed by atoms with van der Waals surface area (Å²) in [6.45, 7) is 11.1. The van der Waals surface area contributed by atoms with Gasteiger partial charge in [-0.3, -0.25) is 0 Å². The van der Waals surface area contributed by atoms with Gasteiger partial charge in [0.05, 0.1) is 0 Å². The molecule has 74 valence electrons. The second-order valence-electron chi connectivity index (χ2n) is 3.88. The Morgan fingerprint density at radius 2 is 2.00 bits per heavy atom. The summed E-state index contributed by atoms with van der Waals surface area (Å²) in [5.74, 6) is -0.314. The van der Waals surface area contributed by atoms with Gasteiger partial charge in [0.2, 0.25) is 0 Å². The van der Waals surface area contributed by atoms with Crippen LogP contribution in [0.15, 0.2) is 24.3 Å². The molecule has 0 aliphatic rings. The highest BCUT2D eigenvalue weighted by Crippen LogP contribution is 2.11. The van der Waals surface area contributed by atoms with Crippen LogP contribution in [0.1, 0.15) is 34.1 Å². The van der Waals surface area contributed by atoms with Crippen molar-refractivity contribution >= 4 is 5.97 Å². The zero-order chi connectivity index (χ0) is 10.5. The molecule has 0 aliphatic heterocycles. The van der Waals surface area contributed by atoms with E-state index in [4.69, 9.17) is 4.74 Å². The fourth-order valence-electron chi connectivity index (χ4n) is 0.694. The van der Waals surface area contributed by atoms with E-state index in [1.165, 1.54) is 0 Å². The lowest BCUT2D eigenvalue weighted by Gasteiger charge is -2.19. The molecular formula is C11H18O2. The van der Waals surface area contributed by atoms with Gasteiger partial charge in [0.15, 0.2) is 0 Å². The Labute approximate surface area is 80.3 Å². The third kappa shape index (κ3) is 6.14. The Bertz CT molecular complexity index is 219. The molecule has 0 amide bonds. The first-order valence-corrected chi connectivity index (χ1v) is 4.39. The van der Waals surface area contributed by atoms with Gasteiger partial charge in [0.1, 0.15) is 5.60 Å². The van der Waals surface area contributed by atoms with Crippen molar-refractivity contribution in [2.75, 3.05) is 0 Å². The second-order valence-corrected chi connectivity index (χ2v) is 3.88. The van der Waals surface area contributed by atoms with Crippen molar-refractivity contribution in [3.63, 3.8) is 0 Å². The Balaban J connectivity index is 4.05. The summed E-state index contributed by atoms with van der Waals surface area (Å²) in [6.07, 6.45) is 4.33. The monoisotopic (exact) mass is 182 g/mol. The summed E-state index contributed by atoms with van der Waals surface area (Å²) in [5, 5.41) is 0. The maximum Gasteiger partial charge on any atom is 0.334 e. The molecule has 13 heavy (non-hydrogen) atoms. The van der Waals surface area contributed by atoms with Crippen molar-refractivity contribution < 1.29 is 9.53 Å². The Hall–Kier alpha value is -1.05. The minimum Gasteiger partial charge on any atom is -0.457 e. The normalized spacial score (nSPS) is 11.7. The molecule has 2 nitrogen and oxygen atoms in total. The SMILES string of the molecule is C=C(CC=CC)C(=O)OC(C)(C)C. The molecule has 0 aromatic carbocycles. The van der Waals surface area contributed by atoms with E-state index in [-0.39, 0.29) is 5.97 Å². The van der Waals surface area contributed by atoms with E-state index in [2.05, 4.69) is 6.58 Å². The summed E-state index contributed by atoms with van der Waals surface area (Å²) >= 11 is 0. The number of carbonyl (C=O) groups is 1. The largest absolute Gasteiger partial charge is 0.457 e. The number of allylic oxidation sites excluding steroid dienone is 2. The van der Waals surface area contributed by atoms with Gasteiger partial charge in [0.25, 0.3) is 0 Å². The maximum atomic E-state index is 11.3. The number of rotatable bonds is 3. The Kier molecular flexibility index (Phi) is 4.46. The quantitative estimate of drug-likeness (QED) is 0.381. The molecule has 0 unspecified atom stereocenters. The highest BCUT2D eigenvalue weighted by atomic mass is 16.6. The van der Waals surface area contributed by atoms with E-state index in [1.54, 1.807) is 0 Å². The second kappa shape index (κ2) is 4.85. The van der Waals surface area contributed by atoms with Gasteiger partial charge in [-0.15, -0.1) is 0 Å². The maximum absolute atomic E-state index is 11.3. The fourth-order valence-corrected chi connectivity index (χ4v) is 0.694. The third-order valence-electron chi connectivity index (χ3n) is 1.29. The lowest BCUT2D eigenvalue weighted by molar-refractivity contribution is -0.149. The molecule has 0 aromatic heterocycles. The average molecular weight is 182 g/mol. The topological polar surface area (TPSA) is 26.3 Å². The van der Waals surface area contributed by atoms with Crippen LogP contribution in [0.25, 0.3) is 0 Å². The zero-order valence-corrected chi connectivity index (χ0v) is 8.89. The number of carbonyl (C=O) groups excluding carboxylic acids is 1. The summed E-state index contributed by atoms with van der Waals surface area (Å²) in [5.41, 5.74) is 0.0590. The number of hydrogen-bond acceptors (Lipinski definition) is 2. The van der Waals surface area contributed by atoms with Gasteiger partial charge >= 0.3 is 5.97 Å². The van der Waals surface area contributed by atoms with Crippen molar-refractivity contribution in [2.45, 2.75) is 39.7 Å². The van der Waals surface area contributed by atoms with Crippen LogP contribution in [-0.4, -0.2) is 11.6 Å². The summed E-state index contributed by atoms with van der Waals surface area (Å²) in [7, 11) is 0. The van der Waals surface area contributed by atoms with Crippen molar-refractivity contribution in [3.8, 4) is 0 Å². The minimum atomic E-state index is -0.435. The first-order chi connectivity index (χ1) is 5.87. The standard InChI is InChI=1S/C11H18O2/c1-6-7-8-9(2)10(12)13-11(3,4)5/h6-7H,2,8H2,1,3-5H3. The molecule has 0 radical (unpaired) electrons. The van der Waals surface area contributed by atoms with Gasteiger partial charge in [-0.05, 0) is 34.1 Å². The third-order valence-corrected chi connectivity index (χ3v) is 1.29. The van der Waals surface area contributed by atoms with Crippen molar-refractivity contribution in [3.05, 3.63) is 24.3 Å². The lowest BCUT2D eigenvalue weighted by atomic mass is 10.1. The fraction of sp³-hybridized carbons (Fsp3) is 0.545. The summed E-state index contributed by atoms with van der Waals surface area (Å²) < 4.78 is 5.12. The van der Waals surface area contributed by atoms with Crippen LogP contribution in [0.2, 0.25) is 0 Å². The average Bonchev–Trinajstić information content (AvgIpc) is 1.96. The molecule has 0 aliphatic carbocycles. The highest BCUT2D eigenvalue weighted by molar-refractivity contribution is 5.88. The van der Waals surface area contributed by atoms with Crippen LogP contribution >= 0.6 is 0 Å². The van der Waals surface area contributed by atoms with E-state index >= 15 is 0 Å². The van der Waals surface area contributed by atoms with E-state index < -0.39 is 5.60 Å². The van der Waals surface area contributed by atoms with Crippen LogP contribution in [0, 0.1) is 0 Å². The van der Waals surface area contributed by atoms with Gasteiger partial charge < -0.3 is 4.74 Å². The molecule has 0 spiro atoms. The number of esters is 1. The minimum absolute atomic E-state index is 0.314. The molecule has 0 N–H and O–H groups in total. The first-order valence-electron chi connectivity index (χ1n) is 4.39. The van der Waals surface area contributed by atoms with E-state index in [0.717, 1.165) is 0 Å². The molecule has 2 heteroatoms. The van der Waals surface area contributed by atoms with Crippen LogP contribution in [0.4, 0.5) is 0 Å². The van der Waals surface area contributed by atoms with E-state index in [9.17, 15) is 4.79 Å². The molecule has 0 saturated carbocycles. The van der Waals surface area contributed by atoms with Crippen LogP contribution in [0.3, 0.4) is 0 Å². The first kappa shape index (κ1) is 11.9. The van der Waals surface area contributed by atoms with Gasteiger partial charge in [-0.25, -0.2) is 4.79 Å². The number of hydrogen-bond donors (Lipinski definition) is 0. The molecule has 0 rings (SSSR count). The van der Waals surface area contributed by atoms with Gasteiger partial charge in [0, 0.05) is 5.57 Å².